The quantitative estimate of drug-likeness (QED) is 0.266. The first kappa shape index (κ1) is 25.5. The van der Waals surface area contributed by atoms with E-state index < -0.39 is 24.4 Å². The molecular weight excluding hydrogens is 447 g/mol. The number of ether oxygens (including phenoxy) is 1. The second-order valence-corrected chi connectivity index (χ2v) is 9.94. The van der Waals surface area contributed by atoms with E-state index in [1.807, 2.05) is 6.92 Å². The van der Waals surface area contributed by atoms with Gasteiger partial charge >= 0.3 is 0 Å². The van der Waals surface area contributed by atoms with Crippen LogP contribution in [0.25, 0.3) is 0 Å². The lowest BCUT2D eigenvalue weighted by atomic mass is 9.82. The molecule has 1 amide bonds. The molecule has 0 aromatic heterocycles. The minimum Gasteiger partial charge on any atom is -0.383 e. The van der Waals surface area contributed by atoms with Crippen LogP contribution in [-0.2, 0) is 9.53 Å². The number of hydrogen-bond acceptors (Lipinski definition) is 5. The lowest BCUT2D eigenvalue weighted by Gasteiger charge is -2.31. The van der Waals surface area contributed by atoms with Crippen molar-refractivity contribution in [1.82, 2.24) is 21.5 Å². The monoisotopic (exact) mass is 481 g/mol. The van der Waals surface area contributed by atoms with Crippen molar-refractivity contribution in [1.29, 1.82) is 0 Å². The number of rotatable bonds is 6. The Balaban J connectivity index is 1.62. The summed E-state index contributed by atoms with van der Waals surface area (Å²) in [5.74, 6) is -0.631. The van der Waals surface area contributed by atoms with Gasteiger partial charge in [0.05, 0.1) is 6.61 Å². The van der Waals surface area contributed by atoms with Gasteiger partial charge in [0.2, 0.25) is 5.91 Å². The van der Waals surface area contributed by atoms with Crippen LogP contribution in [-0.4, -0.2) is 67.7 Å². The molecule has 2 saturated carbocycles. The molecule has 2 aliphatic carbocycles. The zero-order valence-electron chi connectivity index (χ0n) is 18.6. The van der Waals surface area contributed by atoms with Crippen LogP contribution < -0.4 is 21.5 Å². The maximum absolute atomic E-state index is 14.0. The minimum absolute atomic E-state index is 0.0176. The van der Waals surface area contributed by atoms with Gasteiger partial charge in [0.15, 0.2) is 5.96 Å². The van der Waals surface area contributed by atoms with Crippen molar-refractivity contribution >= 4 is 23.5 Å². The normalized spacial score (nSPS) is 39.5. The summed E-state index contributed by atoms with van der Waals surface area (Å²) in [6, 6.07) is -0.119. The first-order valence-corrected chi connectivity index (χ1v) is 11.9. The van der Waals surface area contributed by atoms with Gasteiger partial charge in [-0.25, -0.2) is 23.6 Å². The van der Waals surface area contributed by atoms with Crippen LogP contribution >= 0.6 is 11.6 Å². The van der Waals surface area contributed by atoms with Crippen molar-refractivity contribution in [3.05, 3.63) is 0 Å². The number of nitrogens with one attached hydrogen (secondary N) is 4. The van der Waals surface area contributed by atoms with Gasteiger partial charge < -0.3 is 10.1 Å². The second-order valence-electron chi connectivity index (χ2n) is 9.32. The molecule has 32 heavy (non-hydrogen) atoms. The van der Waals surface area contributed by atoms with Crippen LogP contribution in [0, 0.1) is 11.8 Å². The molecule has 11 heteroatoms. The van der Waals surface area contributed by atoms with E-state index in [9.17, 15) is 18.0 Å². The highest BCUT2D eigenvalue weighted by molar-refractivity contribution is 6.20. The number of alkyl halides is 4. The Bertz CT molecular complexity index is 651. The average molecular weight is 482 g/mol. The fourth-order valence-corrected chi connectivity index (χ4v) is 5.25. The van der Waals surface area contributed by atoms with E-state index in [-0.39, 0.29) is 54.3 Å². The summed E-state index contributed by atoms with van der Waals surface area (Å²) in [6.07, 6.45) is -1.96. The van der Waals surface area contributed by atoms with E-state index in [1.54, 1.807) is 7.11 Å². The number of hydrazine groups is 1. The summed E-state index contributed by atoms with van der Waals surface area (Å²) in [5, 5.41) is 5.70. The maximum atomic E-state index is 14.0. The van der Waals surface area contributed by atoms with E-state index >= 15 is 0 Å². The molecule has 7 nitrogen and oxygen atoms in total. The third kappa shape index (κ3) is 7.20. The van der Waals surface area contributed by atoms with Gasteiger partial charge in [-0.15, -0.1) is 11.6 Å². The number of hydrogen-bond donors (Lipinski definition) is 4. The van der Waals surface area contributed by atoms with Gasteiger partial charge in [-0.2, -0.15) is 0 Å². The lowest BCUT2D eigenvalue weighted by molar-refractivity contribution is -0.125. The van der Waals surface area contributed by atoms with Gasteiger partial charge in [0, 0.05) is 36.9 Å². The Hall–Kier alpha value is -1.10. The molecule has 4 N–H and O–H groups in total. The molecule has 0 radical (unpaired) electrons. The van der Waals surface area contributed by atoms with E-state index in [2.05, 4.69) is 26.5 Å². The van der Waals surface area contributed by atoms with E-state index in [0.717, 1.165) is 6.42 Å². The van der Waals surface area contributed by atoms with Gasteiger partial charge in [0.1, 0.15) is 24.7 Å². The summed E-state index contributed by atoms with van der Waals surface area (Å²) in [7, 11) is 1.57. The van der Waals surface area contributed by atoms with Crippen LogP contribution in [0.3, 0.4) is 0 Å². The summed E-state index contributed by atoms with van der Waals surface area (Å²) in [4.78, 5) is 17.3. The second kappa shape index (κ2) is 11.9. The Kier molecular flexibility index (Phi) is 9.45. The molecule has 184 valence electrons. The molecule has 3 rings (SSSR count). The van der Waals surface area contributed by atoms with Gasteiger partial charge in [-0.3, -0.25) is 15.5 Å². The summed E-state index contributed by atoms with van der Waals surface area (Å²) < 4.78 is 46.3. The highest BCUT2D eigenvalue weighted by atomic mass is 35.5. The zero-order chi connectivity index (χ0) is 23.3. The van der Waals surface area contributed by atoms with Crippen molar-refractivity contribution in [2.75, 3.05) is 13.7 Å². The molecule has 3 aliphatic rings. The molecule has 0 aromatic rings. The third-order valence-corrected chi connectivity index (χ3v) is 6.86. The number of aliphatic imine (C=N–C) groups is 1. The molecule has 1 saturated heterocycles. The maximum Gasteiger partial charge on any atom is 0.229 e. The first-order chi connectivity index (χ1) is 15.2. The van der Waals surface area contributed by atoms with Gasteiger partial charge in [-0.1, -0.05) is 0 Å². The average Bonchev–Trinajstić information content (AvgIpc) is 3.18. The Morgan fingerprint density at radius 3 is 2.59 bits per heavy atom. The topological polar surface area (TPSA) is 86.8 Å². The molecule has 8 unspecified atom stereocenters. The molecule has 9 atom stereocenters. The summed E-state index contributed by atoms with van der Waals surface area (Å²) in [5.41, 5.74) is 6.29. The Morgan fingerprint density at radius 2 is 1.91 bits per heavy atom. The zero-order valence-corrected chi connectivity index (χ0v) is 19.4. The van der Waals surface area contributed by atoms with Crippen LogP contribution in [0.1, 0.15) is 51.9 Å². The number of nitrogens with zero attached hydrogens (tertiary/aromatic N) is 1. The molecule has 1 aliphatic heterocycles. The van der Waals surface area contributed by atoms with Crippen LogP contribution in [0.5, 0.6) is 0 Å². The fraction of sp³-hybridized carbons (Fsp3) is 0.905. The van der Waals surface area contributed by atoms with Crippen LogP contribution in [0.15, 0.2) is 4.99 Å². The smallest absolute Gasteiger partial charge is 0.229 e. The fourth-order valence-electron chi connectivity index (χ4n) is 4.83. The number of carbonyl (C=O) groups excluding carboxylic acids is 1. The predicted molar refractivity (Wildman–Crippen MR) is 118 cm³/mol. The highest BCUT2D eigenvalue weighted by Crippen LogP contribution is 2.34. The van der Waals surface area contributed by atoms with E-state index in [4.69, 9.17) is 16.3 Å². The van der Waals surface area contributed by atoms with Gasteiger partial charge in [0.25, 0.3) is 0 Å². The van der Waals surface area contributed by atoms with Crippen molar-refractivity contribution < 1.29 is 22.7 Å². The van der Waals surface area contributed by atoms with Crippen LogP contribution in [0.4, 0.5) is 13.2 Å². The SMILES string of the molecule is COC[C@H](C)N/C(=N\C1CC(C2CC(F)CC(Cl)C2)NN1)NC(=O)C1CCC(F)C(F)C1. The molecule has 3 fully saturated rings. The number of guanidine groups is 1. The van der Waals surface area contributed by atoms with Gasteiger partial charge in [-0.05, 0) is 51.4 Å². The molecule has 0 spiro atoms. The Labute approximate surface area is 192 Å². The first-order valence-electron chi connectivity index (χ1n) is 11.5. The minimum atomic E-state index is -1.62. The van der Waals surface area contributed by atoms with Crippen molar-refractivity contribution in [2.24, 2.45) is 16.8 Å². The molecule has 1 heterocycles. The number of carbonyl (C=O) groups is 1. The molecule has 0 bridgehead atoms. The highest BCUT2D eigenvalue weighted by Gasteiger charge is 2.37. The van der Waals surface area contributed by atoms with Crippen LogP contribution in [0.2, 0.25) is 0 Å². The predicted octanol–water partition coefficient (Wildman–Crippen LogP) is 2.50. The van der Waals surface area contributed by atoms with E-state index in [1.165, 1.54) is 0 Å². The lowest BCUT2D eigenvalue weighted by Crippen LogP contribution is -2.50. The standard InChI is InChI=1S/C21H35ClF3N5O2/c1-11(10-32-2)26-21(28-20(31)12-3-4-16(24)17(25)7-12)27-19-9-18(29-30-19)13-5-14(22)8-15(23)6-13/h11-19,29-30H,3-10H2,1-2H3,(H2,26,27,28,31)/t11-,12?,13?,14?,15?,16?,17?,18?,19?/m0/s1. The summed E-state index contributed by atoms with van der Waals surface area (Å²) in [6.45, 7) is 2.27. The van der Waals surface area contributed by atoms with E-state index in [0.29, 0.717) is 32.3 Å². The summed E-state index contributed by atoms with van der Waals surface area (Å²) >= 11 is 6.21. The van der Waals surface area contributed by atoms with Crippen molar-refractivity contribution in [3.63, 3.8) is 0 Å². The third-order valence-electron chi connectivity index (χ3n) is 6.50. The Morgan fingerprint density at radius 1 is 1.12 bits per heavy atom. The molecule has 0 aromatic carbocycles. The number of halogens is 4. The van der Waals surface area contributed by atoms with Crippen molar-refractivity contribution in [3.8, 4) is 0 Å². The number of methoxy groups -OCH3 is 1. The largest absolute Gasteiger partial charge is 0.383 e. The van der Waals surface area contributed by atoms with Crippen molar-refractivity contribution in [2.45, 2.75) is 94.0 Å². The number of amides is 1. The molecular formula is C21H35ClF3N5O2.